The molecule has 0 bridgehead atoms. The Labute approximate surface area is 93.4 Å². The number of hydrogen-bond donors (Lipinski definition) is 0. The molecule has 0 N–H and O–H groups in total. The van der Waals surface area contributed by atoms with Gasteiger partial charge in [0.1, 0.15) is 0 Å². The average molecular weight is 216 g/mol. The minimum absolute atomic E-state index is 0.441. The second-order valence-electron chi connectivity index (χ2n) is 7.49. The van der Waals surface area contributed by atoms with Crippen LogP contribution in [0.4, 0.5) is 0 Å². The Morgan fingerprint density at radius 2 is 1.00 bits per heavy atom. The van der Waals surface area contributed by atoms with Gasteiger partial charge in [-0.15, -0.1) is 9.24 Å². The molecule has 1 heteroatoms. The van der Waals surface area contributed by atoms with Crippen molar-refractivity contribution in [2.24, 2.45) is 16.2 Å². The van der Waals surface area contributed by atoms with Crippen LogP contribution in [0.2, 0.25) is 0 Å². The first-order valence-corrected chi connectivity index (χ1v) is 6.49. The molecule has 0 aromatic rings. The first kappa shape index (κ1) is 14.4. The summed E-state index contributed by atoms with van der Waals surface area (Å²) in [6.07, 6.45) is 3.82. The van der Waals surface area contributed by atoms with E-state index in [9.17, 15) is 0 Å². The van der Waals surface area contributed by atoms with Crippen molar-refractivity contribution < 1.29 is 0 Å². The highest BCUT2D eigenvalue weighted by Gasteiger charge is 2.32. The minimum atomic E-state index is 0.441. The van der Waals surface area contributed by atoms with Gasteiger partial charge in [0, 0.05) is 0 Å². The van der Waals surface area contributed by atoms with Gasteiger partial charge < -0.3 is 0 Å². The second-order valence-corrected chi connectivity index (χ2v) is 7.90. The standard InChI is InChI=1S/C13H29P/c1-11(2,3)8-13(7,10-14)9-12(4,5)6/h8-10,14H2,1-7H3. The van der Waals surface area contributed by atoms with Gasteiger partial charge in [-0.2, -0.15) is 0 Å². The van der Waals surface area contributed by atoms with Gasteiger partial charge in [0.05, 0.1) is 0 Å². The summed E-state index contributed by atoms with van der Waals surface area (Å²) in [6.45, 7) is 16.5. The van der Waals surface area contributed by atoms with E-state index < -0.39 is 0 Å². The lowest BCUT2D eigenvalue weighted by atomic mass is 9.68. The third kappa shape index (κ3) is 6.82. The van der Waals surface area contributed by atoms with Crippen molar-refractivity contribution in [1.29, 1.82) is 0 Å². The minimum Gasteiger partial charge on any atom is -0.137 e. The summed E-state index contributed by atoms with van der Waals surface area (Å²) in [7, 11) is 2.93. The predicted octanol–water partition coefficient (Wildman–Crippen LogP) is 4.74. The van der Waals surface area contributed by atoms with Crippen molar-refractivity contribution in [2.75, 3.05) is 6.16 Å². The molecule has 0 radical (unpaired) electrons. The maximum absolute atomic E-state index is 2.93. The van der Waals surface area contributed by atoms with Gasteiger partial charge in [0.15, 0.2) is 0 Å². The fourth-order valence-corrected chi connectivity index (χ4v) is 3.06. The molecule has 0 fully saturated rings. The summed E-state index contributed by atoms with van der Waals surface area (Å²) in [5, 5.41) is 0. The van der Waals surface area contributed by atoms with Crippen LogP contribution >= 0.6 is 9.24 Å². The van der Waals surface area contributed by atoms with E-state index in [4.69, 9.17) is 0 Å². The topological polar surface area (TPSA) is 0 Å². The third-order valence-electron chi connectivity index (χ3n) is 2.41. The molecular formula is C13H29P. The lowest BCUT2D eigenvalue weighted by Gasteiger charge is -2.39. The Bertz CT molecular complexity index is 153. The molecule has 0 spiro atoms. The summed E-state index contributed by atoms with van der Waals surface area (Å²) in [5.74, 6) is 0. The lowest BCUT2D eigenvalue weighted by molar-refractivity contribution is 0.147. The van der Waals surface area contributed by atoms with E-state index in [0.717, 1.165) is 0 Å². The highest BCUT2D eigenvalue weighted by molar-refractivity contribution is 7.16. The molecule has 0 nitrogen and oxygen atoms in total. The van der Waals surface area contributed by atoms with Gasteiger partial charge >= 0.3 is 0 Å². The summed E-state index contributed by atoms with van der Waals surface area (Å²) < 4.78 is 0. The van der Waals surface area contributed by atoms with Gasteiger partial charge in [-0.1, -0.05) is 48.5 Å². The fourth-order valence-electron chi connectivity index (χ4n) is 2.77. The van der Waals surface area contributed by atoms with Gasteiger partial charge in [0.25, 0.3) is 0 Å². The largest absolute Gasteiger partial charge is 0.137 e. The SMILES string of the molecule is CC(C)(C)CC(C)(CP)CC(C)(C)C. The smallest absolute Gasteiger partial charge is 0.0281 e. The fraction of sp³-hybridized carbons (Fsp3) is 1.00. The first-order chi connectivity index (χ1) is 5.97. The van der Waals surface area contributed by atoms with E-state index >= 15 is 0 Å². The van der Waals surface area contributed by atoms with Crippen LogP contribution in [0.15, 0.2) is 0 Å². The zero-order valence-corrected chi connectivity index (χ0v) is 12.4. The third-order valence-corrected chi connectivity index (χ3v) is 3.39. The van der Waals surface area contributed by atoms with Crippen LogP contribution in [0, 0.1) is 16.2 Å². The van der Waals surface area contributed by atoms with Crippen LogP contribution in [0.1, 0.15) is 61.3 Å². The molecule has 0 saturated heterocycles. The van der Waals surface area contributed by atoms with Crippen molar-refractivity contribution in [3.63, 3.8) is 0 Å². The van der Waals surface area contributed by atoms with Crippen molar-refractivity contribution in [3.05, 3.63) is 0 Å². The van der Waals surface area contributed by atoms with E-state index in [-0.39, 0.29) is 0 Å². The van der Waals surface area contributed by atoms with Crippen LogP contribution in [0.25, 0.3) is 0 Å². The normalized spacial score (nSPS) is 14.6. The Morgan fingerprint density at radius 3 is 1.14 bits per heavy atom. The number of rotatable bonds is 3. The van der Waals surface area contributed by atoms with Crippen LogP contribution < -0.4 is 0 Å². The Balaban J connectivity index is 4.49. The molecule has 0 aliphatic rings. The first-order valence-electron chi connectivity index (χ1n) is 5.68. The Kier molecular flexibility index (Phi) is 4.66. The van der Waals surface area contributed by atoms with Gasteiger partial charge in [-0.25, -0.2) is 0 Å². The van der Waals surface area contributed by atoms with Gasteiger partial charge in [-0.3, -0.25) is 0 Å². The monoisotopic (exact) mass is 216 g/mol. The molecule has 1 unspecified atom stereocenters. The molecule has 0 aromatic heterocycles. The van der Waals surface area contributed by atoms with Crippen molar-refractivity contribution in [1.82, 2.24) is 0 Å². The van der Waals surface area contributed by atoms with E-state index in [0.29, 0.717) is 16.2 Å². The second kappa shape index (κ2) is 4.52. The Hall–Kier alpha value is 0.430. The molecule has 14 heavy (non-hydrogen) atoms. The quantitative estimate of drug-likeness (QED) is 0.598. The maximum atomic E-state index is 2.93. The molecule has 0 amide bonds. The maximum Gasteiger partial charge on any atom is -0.0281 e. The van der Waals surface area contributed by atoms with Crippen LogP contribution in [0.5, 0.6) is 0 Å². The highest BCUT2D eigenvalue weighted by atomic mass is 31.0. The van der Waals surface area contributed by atoms with Crippen LogP contribution in [0.3, 0.4) is 0 Å². The molecule has 0 rings (SSSR count). The van der Waals surface area contributed by atoms with Crippen LogP contribution in [-0.2, 0) is 0 Å². The van der Waals surface area contributed by atoms with Gasteiger partial charge in [0.2, 0.25) is 0 Å². The van der Waals surface area contributed by atoms with Crippen molar-refractivity contribution in [2.45, 2.75) is 61.3 Å². The molecule has 0 heterocycles. The summed E-state index contributed by atoms with van der Waals surface area (Å²) in [6, 6.07) is 0. The molecule has 0 aromatic carbocycles. The summed E-state index contributed by atoms with van der Waals surface area (Å²) >= 11 is 0. The summed E-state index contributed by atoms with van der Waals surface area (Å²) in [4.78, 5) is 0. The Morgan fingerprint density at radius 1 is 0.714 bits per heavy atom. The molecule has 0 saturated carbocycles. The molecule has 1 atom stereocenters. The van der Waals surface area contributed by atoms with Gasteiger partial charge in [-0.05, 0) is 35.2 Å². The molecule has 0 aliphatic carbocycles. The zero-order valence-electron chi connectivity index (χ0n) is 11.2. The highest BCUT2D eigenvalue weighted by Crippen LogP contribution is 2.42. The van der Waals surface area contributed by atoms with E-state index in [1.165, 1.54) is 19.0 Å². The molecule has 86 valence electrons. The van der Waals surface area contributed by atoms with E-state index in [1.807, 2.05) is 0 Å². The van der Waals surface area contributed by atoms with Crippen LogP contribution in [-0.4, -0.2) is 6.16 Å². The van der Waals surface area contributed by atoms with Crippen molar-refractivity contribution >= 4 is 9.24 Å². The summed E-state index contributed by atoms with van der Waals surface area (Å²) in [5.41, 5.74) is 1.36. The molecule has 0 aliphatic heterocycles. The average Bonchev–Trinajstić information content (AvgIpc) is 1.78. The van der Waals surface area contributed by atoms with E-state index in [2.05, 4.69) is 57.7 Å². The lowest BCUT2D eigenvalue weighted by Crippen LogP contribution is -2.30. The van der Waals surface area contributed by atoms with E-state index in [1.54, 1.807) is 0 Å². The molecular weight excluding hydrogens is 187 g/mol. The zero-order chi connectivity index (χ0) is 11.6. The predicted molar refractivity (Wildman–Crippen MR) is 70.8 cm³/mol. The van der Waals surface area contributed by atoms with Crippen molar-refractivity contribution in [3.8, 4) is 0 Å². The number of hydrogen-bond acceptors (Lipinski definition) is 0.